The van der Waals surface area contributed by atoms with Crippen molar-refractivity contribution in [1.82, 2.24) is 0 Å². The maximum Gasteiger partial charge on any atom is 0.340 e. The van der Waals surface area contributed by atoms with Crippen LogP contribution in [0.2, 0.25) is 0 Å². The van der Waals surface area contributed by atoms with Crippen LogP contribution in [-0.2, 0) is 4.74 Å². The fraction of sp³-hybridized carbons (Fsp3) is 0.533. The van der Waals surface area contributed by atoms with Crippen LogP contribution in [0.3, 0.4) is 0 Å². The molecule has 2 rings (SSSR count). The van der Waals surface area contributed by atoms with E-state index in [1.807, 2.05) is 0 Å². The minimum atomic E-state index is -0.516. The van der Waals surface area contributed by atoms with Crippen LogP contribution in [0.25, 0.3) is 0 Å². The largest absolute Gasteiger partial charge is 0.465 e. The zero-order valence-corrected chi connectivity index (χ0v) is 11.6. The van der Waals surface area contributed by atoms with Crippen molar-refractivity contribution in [1.29, 1.82) is 0 Å². The first-order valence-electron chi connectivity index (χ1n) is 6.58. The third kappa shape index (κ3) is 2.88. The molecule has 0 spiro atoms. The van der Waals surface area contributed by atoms with E-state index in [-0.39, 0.29) is 11.0 Å². The van der Waals surface area contributed by atoms with Crippen molar-refractivity contribution < 1.29 is 13.9 Å². The smallest absolute Gasteiger partial charge is 0.340 e. The first kappa shape index (κ1) is 13.8. The number of esters is 1. The van der Waals surface area contributed by atoms with E-state index in [4.69, 9.17) is 4.74 Å². The molecule has 3 nitrogen and oxygen atoms in total. The Balaban J connectivity index is 2.27. The molecular formula is C15H20FNO2. The number of methoxy groups -OCH3 is 1. The van der Waals surface area contributed by atoms with Gasteiger partial charge in [-0.15, -0.1) is 0 Å². The number of carbonyl (C=O) groups excluding carboxylic acids is 1. The van der Waals surface area contributed by atoms with Crippen LogP contribution in [0, 0.1) is 11.2 Å². The molecule has 1 atom stereocenters. The quantitative estimate of drug-likeness (QED) is 0.849. The van der Waals surface area contributed by atoms with E-state index >= 15 is 0 Å². The number of rotatable bonds is 3. The molecule has 0 radical (unpaired) electrons. The van der Waals surface area contributed by atoms with Gasteiger partial charge in [0.1, 0.15) is 5.82 Å². The number of carbonyl (C=O) groups is 1. The number of hydrogen-bond acceptors (Lipinski definition) is 3. The molecule has 0 heterocycles. The van der Waals surface area contributed by atoms with Gasteiger partial charge in [0.25, 0.3) is 0 Å². The molecule has 0 amide bonds. The van der Waals surface area contributed by atoms with E-state index in [9.17, 15) is 9.18 Å². The Morgan fingerprint density at radius 1 is 1.47 bits per heavy atom. The maximum absolute atomic E-state index is 13.3. The average Bonchev–Trinajstić information content (AvgIpc) is 2.70. The Bertz CT molecular complexity index is 485. The molecule has 1 aliphatic rings. The number of ether oxygens (including phenoxy) is 1. The normalized spacial score (nSPS) is 21.2. The lowest BCUT2D eigenvalue weighted by Crippen LogP contribution is -2.31. The summed E-state index contributed by atoms with van der Waals surface area (Å²) in [5, 5.41) is 3.37. The van der Waals surface area contributed by atoms with Crippen LogP contribution in [0.1, 0.15) is 43.5 Å². The molecule has 1 aromatic rings. The van der Waals surface area contributed by atoms with Crippen LogP contribution in [0.5, 0.6) is 0 Å². The number of anilines is 1. The summed E-state index contributed by atoms with van der Waals surface area (Å²) in [6.45, 7) is 4.41. The van der Waals surface area contributed by atoms with Gasteiger partial charge in [0.05, 0.1) is 12.7 Å². The van der Waals surface area contributed by atoms with E-state index in [1.54, 1.807) is 6.07 Å². The van der Waals surface area contributed by atoms with Crippen molar-refractivity contribution in [2.24, 2.45) is 5.41 Å². The van der Waals surface area contributed by atoms with E-state index in [1.165, 1.54) is 25.7 Å². The van der Waals surface area contributed by atoms with Crippen LogP contribution >= 0.6 is 0 Å². The van der Waals surface area contributed by atoms with E-state index in [0.29, 0.717) is 11.7 Å². The van der Waals surface area contributed by atoms with Crippen LogP contribution in [-0.4, -0.2) is 19.1 Å². The van der Waals surface area contributed by atoms with Gasteiger partial charge in [-0.3, -0.25) is 0 Å². The first-order chi connectivity index (χ1) is 8.94. The third-order valence-electron chi connectivity index (χ3n) is 3.97. The molecule has 1 fully saturated rings. The molecule has 1 unspecified atom stereocenters. The molecule has 1 aliphatic carbocycles. The van der Waals surface area contributed by atoms with Crippen LogP contribution in [0.15, 0.2) is 18.2 Å². The molecule has 0 bridgehead atoms. The highest BCUT2D eigenvalue weighted by molar-refractivity contribution is 5.95. The lowest BCUT2D eigenvalue weighted by Gasteiger charge is -2.29. The maximum atomic E-state index is 13.3. The lowest BCUT2D eigenvalue weighted by molar-refractivity contribution is 0.0601. The molecule has 1 N–H and O–H groups in total. The first-order valence-corrected chi connectivity index (χ1v) is 6.58. The summed E-state index contributed by atoms with van der Waals surface area (Å²) in [7, 11) is 1.30. The van der Waals surface area contributed by atoms with E-state index in [2.05, 4.69) is 19.2 Å². The summed E-state index contributed by atoms with van der Waals surface area (Å²) in [6.07, 6.45) is 3.38. The number of hydrogen-bond donors (Lipinski definition) is 1. The molecular weight excluding hydrogens is 245 g/mol. The van der Waals surface area contributed by atoms with Crippen molar-refractivity contribution >= 4 is 11.7 Å². The van der Waals surface area contributed by atoms with Gasteiger partial charge in [-0.05, 0) is 36.5 Å². The Morgan fingerprint density at radius 3 is 2.79 bits per heavy atom. The predicted molar refractivity (Wildman–Crippen MR) is 72.8 cm³/mol. The summed E-state index contributed by atoms with van der Waals surface area (Å²) in [4.78, 5) is 11.7. The Labute approximate surface area is 113 Å². The highest BCUT2D eigenvalue weighted by Gasteiger charge is 2.34. The second-order valence-electron chi connectivity index (χ2n) is 5.76. The van der Waals surface area contributed by atoms with Crippen molar-refractivity contribution in [3.63, 3.8) is 0 Å². The summed E-state index contributed by atoms with van der Waals surface area (Å²) < 4.78 is 18.0. The van der Waals surface area contributed by atoms with Crippen molar-refractivity contribution in [3.05, 3.63) is 29.6 Å². The summed E-state index contributed by atoms with van der Waals surface area (Å²) in [6, 6.07) is 4.48. The van der Waals surface area contributed by atoms with Crippen LogP contribution < -0.4 is 5.32 Å². The monoisotopic (exact) mass is 265 g/mol. The minimum absolute atomic E-state index is 0.182. The zero-order chi connectivity index (χ0) is 14.0. The van der Waals surface area contributed by atoms with Gasteiger partial charge in [0.2, 0.25) is 0 Å². The third-order valence-corrected chi connectivity index (χ3v) is 3.97. The molecule has 4 heteroatoms. The van der Waals surface area contributed by atoms with Crippen LogP contribution in [0.4, 0.5) is 10.1 Å². The molecule has 104 valence electrons. The van der Waals surface area contributed by atoms with Gasteiger partial charge < -0.3 is 10.1 Å². The average molecular weight is 265 g/mol. The highest BCUT2D eigenvalue weighted by Crippen LogP contribution is 2.39. The Kier molecular flexibility index (Phi) is 3.78. The number of nitrogens with one attached hydrogen (secondary N) is 1. The predicted octanol–water partition coefficient (Wildman–Crippen LogP) is 3.60. The van der Waals surface area contributed by atoms with Gasteiger partial charge >= 0.3 is 5.97 Å². The molecule has 0 aliphatic heterocycles. The second kappa shape index (κ2) is 5.19. The summed E-state index contributed by atoms with van der Waals surface area (Å²) in [5.74, 6) is -0.950. The van der Waals surface area contributed by atoms with Gasteiger partial charge in [0, 0.05) is 11.7 Å². The molecule has 0 saturated heterocycles. The number of halogens is 1. The van der Waals surface area contributed by atoms with Gasteiger partial charge in [-0.1, -0.05) is 20.3 Å². The van der Waals surface area contributed by atoms with E-state index < -0.39 is 11.8 Å². The molecule has 19 heavy (non-hydrogen) atoms. The standard InChI is InChI=1S/C15H20FNO2/c1-15(2)8-4-5-13(15)17-12-7-6-10(16)9-11(12)14(18)19-3/h6-7,9,13,17H,4-5,8H2,1-3H3. The Morgan fingerprint density at radius 2 is 2.21 bits per heavy atom. The Hall–Kier alpha value is -1.58. The van der Waals surface area contributed by atoms with Crippen molar-refractivity contribution in [2.75, 3.05) is 12.4 Å². The second-order valence-corrected chi connectivity index (χ2v) is 5.76. The fourth-order valence-corrected chi connectivity index (χ4v) is 2.70. The lowest BCUT2D eigenvalue weighted by atomic mass is 9.87. The van der Waals surface area contributed by atoms with Crippen molar-refractivity contribution in [2.45, 2.75) is 39.2 Å². The van der Waals surface area contributed by atoms with Gasteiger partial charge in [-0.2, -0.15) is 0 Å². The molecule has 1 saturated carbocycles. The fourth-order valence-electron chi connectivity index (χ4n) is 2.70. The van der Waals surface area contributed by atoms with Gasteiger partial charge in [0.15, 0.2) is 0 Å². The summed E-state index contributed by atoms with van der Waals surface area (Å²) >= 11 is 0. The number of benzene rings is 1. The minimum Gasteiger partial charge on any atom is -0.465 e. The van der Waals surface area contributed by atoms with Crippen molar-refractivity contribution in [3.8, 4) is 0 Å². The van der Waals surface area contributed by atoms with Gasteiger partial charge in [-0.25, -0.2) is 9.18 Å². The topological polar surface area (TPSA) is 38.3 Å². The molecule has 0 aromatic heterocycles. The SMILES string of the molecule is COC(=O)c1cc(F)ccc1NC1CCCC1(C)C. The highest BCUT2D eigenvalue weighted by atomic mass is 19.1. The molecule has 1 aromatic carbocycles. The zero-order valence-electron chi connectivity index (χ0n) is 11.6. The van der Waals surface area contributed by atoms with E-state index in [0.717, 1.165) is 12.8 Å². The summed E-state index contributed by atoms with van der Waals surface area (Å²) in [5.41, 5.74) is 1.08.